The molecule has 0 unspecified atom stereocenters. The lowest BCUT2D eigenvalue weighted by molar-refractivity contribution is 1.75. The minimum atomic E-state index is 0.815. The van der Waals surface area contributed by atoms with Crippen molar-refractivity contribution >= 4 is 15.2 Å². The highest BCUT2D eigenvalue weighted by atomic mass is 27.1. The summed E-state index contributed by atoms with van der Waals surface area (Å²) in [6, 6.07) is 0. The molecule has 0 saturated carbocycles. The van der Waals surface area contributed by atoms with Gasteiger partial charge in [-0.1, -0.05) is 10.6 Å². The van der Waals surface area contributed by atoms with Gasteiger partial charge in [-0.25, -0.2) is 0 Å². The minimum Gasteiger partial charge on any atom is -0.104 e. The van der Waals surface area contributed by atoms with Crippen molar-refractivity contribution in [3.05, 3.63) is 12.2 Å². The van der Waals surface area contributed by atoms with Crippen LogP contribution in [0.25, 0.3) is 0 Å². The van der Waals surface area contributed by atoms with Crippen molar-refractivity contribution in [3.63, 3.8) is 0 Å². The highest BCUT2D eigenvalue weighted by Crippen LogP contribution is 1.97. The van der Waals surface area contributed by atoms with Crippen LogP contribution >= 0.6 is 0 Å². The maximum Gasteiger partial charge on any atom is 0.212 e. The zero-order valence-electron chi connectivity index (χ0n) is 3.15. The molecule has 1 rings (SSSR count). The minimum absolute atomic E-state index is 0.815. The molecule has 25 valence electrons. The van der Waals surface area contributed by atoms with Crippen LogP contribution in [-0.2, 0) is 0 Å². The van der Waals surface area contributed by atoms with Gasteiger partial charge in [0.2, 0.25) is 15.2 Å². The van der Waals surface area contributed by atoms with Gasteiger partial charge in [-0.2, -0.15) is 0 Å². The molecule has 1 radical (unpaired) electrons. The van der Waals surface area contributed by atoms with E-state index >= 15 is 0 Å². The van der Waals surface area contributed by atoms with Crippen LogP contribution in [0.2, 0.25) is 10.6 Å². The molecule has 0 aromatic heterocycles. The maximum atomic E-state index is 2.27. The molecule has 0 bridgehead atoms. The zero-order chi connectivity index (χ0) is 3.54. The first-order chi connectivity index (χ1) is 2.50. The SMILES string of the molecule is C1=C[CH2][Al][CH2]1. The monoisotopic (exact) mass is 81.0 g/mol. The van der Waals surface area contributed by atoms with Crippen LogP contribution < -0.4 is 0 Å². The first kappa shape index (κ1) is 3.46. The molecule has 0 saturated heterocycles. The summed E-state index contributed by atoms with van der Waals surface area (Å²) in [5.41, 5.74) is 0. The second-order valence-corrected chi connectivity index (χ2v) is 2.75. The number of rotatable bonds is 0. The van der Waals surface area contributed by atoms with E-state index in [-0.39, 0.29) is 0 Å². The molecule has 0 N–H and O–H groups in total. The van der Waals surface area contributed by atoms with Crippen molar-refractivity contribution in [2.45, 2.75) is 10.6 Å². The second kappa shape index (κ2) is 1.65. The normalized spacial score (nSPS) is 19.2. The Kier molecular flexibility index (Phi) is 1.14. The third kappa shape index (κ3) is 0.794. The molecule has 0 nitrogen and oxygen atoms in total. The van der Waals surface area contributed by atoms with Crippen LogP contribution in [0.1, 0.15) is 0 Å². The largest absolute Gasteiger partial charge is 0.212 e. The molecule has 0 fully saturated rings. The summed E-state index contributed by atoms with van der Waals surface area (Å²) in [6.07, 6.45) is 4.55. The third-order valence-electron chi connectivity index (χ3n) is 0.772. The fraction of sp³-hybridized carbons (Fsp3) is 0.500. The Morgan fingerprint density at radius 3 is 2.00 bits per heavy atom. The Labute approximate surface area is 38.6 Å². The smallest absolute Gasteiger partial charge is 0.104 e. The van der Waals surface area contributed by atoms with Crippen LogP contribution in [0, 0.1) is 0 Å². The summed E-state index contributed by atoms with van der Waals surface area (Å²) in [5.74, 6) is 0. The Balaban J connectivity index is 2.32. The standard InChI is InChI=1S/C4H6.Al/c1-3-4-2;/h3-4H,1-2H2;. The molecule has 0 aromatic rings. The molecule has 0 aromatic carbocycles. The van der Waals surface area contributed by atoms with Gasteiger partial charge in [0.05, 0.1) is 0 Å². The van der Waals surface area contributed by atoms with E-state index in [2.05, 4.69) is 12.2 Å². The molecule has 0 atom stereocenters. The Hall–Kier alpha value is 0.272. The predicted octanol–water partition coefficient (Wildman–Crippen LogP) is 1.10. The molecule has 1 aliphatic rings. The van der Waals surface area contributed by atoms with Crippen molar-refractivity contribution in [1.82, 2.24) is 0 Å². The van der Waals surface area contributed by atoms with Gasteiger partial charge >= 0.3 is 0 Å². The molecule has 1 heterocycles. The third-order valence-corrected chi connectivity index (χ3v) is 1.98. The zero-order valence-corrected chi connectivity index (χ0v) is 4.30. The van der Waals surface area contributed by atoms with Gasteiger partial charge in [0.15, 0.2) is 0 Å². The van der Waals surface area contributed by atoms with E-state index < -0.39 is 0 Å². The highest BCUT2D eigenvalue weighted by molar-refractivity contribution is 6.38. The fourth-order valence-corrected chi connectivity index (χ4v) is 1.44. The molecule has 0 aliphatic carbocycles. The van der Waals surface area contributed by atoms with Crippen LogP contribution in [-0.4, -0.2) is 15.2 Å². The topological polar surface area (TPSA) is 0 Å². The van der Waals surface area contributed by atoms with Crippen molar-refractivity contribution in [2.75, 3.05) is 0 Å². The summed E-state index contributed by atoms with van der Waals surface area (Å²) in [7, 11) is 0. The number of hydrogen-bond acceptors (Lipinski definition) is 0. The molecule has 5 heavy (non-hydrogen) atoms. The predicted molar refractivity (Wildman–Crippen MR) is 24.5 cm³/mol. The van der Waals surface area contributed by atoms with E-state index in [0.717, 1.165) is 15.2 Å². The fourth-order valence-electron chi connectivity index (χ4n) is 0.481. The van der Waals surface area contributed by atoms with Crippen molar-refractivity contribution in [3.8, 4) is 0 Å². The maximum absolute atomic E-state index is 2.27. The van der Waals surface area contributed by atoms with E-state index in [1.807, 2.05) is 0 Å². The average molecular weight is 81.1 g/mol. The molecule has 1 heteroatoms. The van der Waals surface area contributed by atoms with Crippen molar-refractivity contribution in [2.24, 2.45) is 0 Å². The van der Waals surface area contributed by atoms with Gasteiger partial charge < -0.3 is 0 Å². The van der Waals surface area contributed by atoms with Crippen LogP contribution in [0.15, 0.2) is 12.2 Å². The molecule has 0 spiro atoms. The van der Waals surface area contributed by atoms with Gasteiger partial charge in [0, 0.05) is 0 Å². The van der Waals surface area contributed by atoms with E-state index in [4.69, 9.17) is 0 Å². The summed E-state index contributed by atoms with van der Waals surface area (Å²) >= 11 is 0.815. The lowest BCUT2D eigenvalue weighted by Gasteiger charge is -1.62. The van der Waals surface area contributed by atoms with Crippen molar-refractivity contribution in [1.29, 1.82) is 0 Å². The molecule has 0 amide bonds. The molecular formula is C4H6Al. The summed E-state index contributed by atoms with van der Waals surface area (Å²) in [5, 5.41) is 2.81. The lowest BCUT2D eigenvalue weighted by Crippen LogP contribution is -1.70. The second-order valence-electron chi connectivity index (χ2n) is 1.23. The Morgan fingerprint density at radius 1 is 1.20 bits per heavy atom. The average Bonchev–Trinajstić information content (AvgIpc) is 1.76. The van der Waals surface area contributed by atoms with Gasteiger partial charge in [0.25, 0.3) is 0 Å². The lowest BCUT2D eigenvalue weighted by atomic mass is 10.6. The molecule has 1 aliphatic heterocycles. The summed E-state index contributed by atoms with van der Waals surface area (Å²) in [6.45, 7) is 0. The Morgan fingerprint density at radius 2 is 1.80 bits per heavy atom. The molecular weight excluding hydrogens is 75.0 g/mol. The van der Waals surface area contributed by atoms with Gasteiger partial charge in [0.1, 0.15) is 0 Å². The van der Waals surface area contributed by atoms with Crippen LogP contribution in [0.4, 0.5) is 0 Å². The Bertz CT molecular complexity index is 41.6. The van der Waals surface area contributed by atoms with E-state index in [0.29, 0.717) is 0 Å². The van der Waals surface area contributed by atoms with Crippen molar-refractivity contribution < 1.29 is 0 Å². The van der Waals surface area contributed by atoms with E-state index in [1.165, 1.54) is 10.6 Å². The summed E-state index contributed by atoms with van der Waals surface area (Å²) < 4.78 is 0. The van der Waals surface area contributed by atoms with E-state index in [1.54, 1.807) is 0 Å². The van der Waals surface area contributed by atoms with Crippen LogP contribution in [0.5, 0.6) is 0 Å². The first-order valence-electron chi connectivity index (χ1n) is 1.97. The van der Waals surface area contributed by atoms with Crippen LogP contribution in [0.3, 0.4) is 0 Å². The van der Waals surface area contributed by atoms with E-state index in [9.17, 15) is 0 Å². The highest BCUT2D eigenvalue weighted by Gasteiger charge is 1.89. The number of hydrogen-bond donors (Lipinski definition) is 0. The number of allylic oxidation sites excluding steroid dienone is 2. The van der Waals surface area contributed by atoms with Gasteiger partial charge in [-0.3, -0.25) is 0 Å². The van der Waals surface area contributed by atoms with Gasteiger partial charge in [-0.05, 0) is 0 Å². The summed E-state index contributed by atoms with van der Waals surface area (Å²) in [4.78, 5) is 0. The quantitative estimate of drug-likeness (QED) is 0.302. The van der Waals surface area contributed by atoms with Gasteiger partial charge in [-0.15, -0.1) is 12.2 Å². The first-order valence-corrected chi connectivity index (χ1v) is 3.60.